The van der Waals surface area contributed by atoms with Crippen molar-refractivity contribution in [1.29, 1.82) is 0 Å². The van der Waals surface area contributed by atoms with E-state index >= 15 is 0 Å². The molecular formula is C11H13NO. The Morgan fingerprint density at radius 2 is 2.08 bits per heavy atom. The van der Waals surface area contributed by atoms with Gasteiger partial charge in [-0.3, -0.25) is 4.79 Å². The van der Waals surface area contributed by atoms with Gasteiger partial charge in [0, 0.05) is 19.2 Å². The Bertz CT molecular complexity index is 313. The summed E-state index contributed by atoms with van der Waals surface area (Å²) < 4.78 is 0. The highest BCUT2D eigenvalue weighted by molar-refractivity contribution is 5.98. The van der Waals surface area contributed by atoms with Crippen LogP contribution in [0.15, 0.2) is 36.5 Å². The summed E-state index contributed by atoms with van der Waals surface area (Å²) in [6.45, 7) is 4.60. The average molecular weight is 175 g/mol. The number of allylic oxidation sites excluding steroid dienone is 2. The first-order chi connectivity index (χ1) is 6.16. The van der Waals surface area contributed by atoms with Gasteiger partial charge in [0.05, 0.1) is 5.41 Å². The van der Waals surface area contributed by atoms with Gasteiger partial charge >= 0.3 is 0 Å². The van der Waals surface area contributed by atoms with E-state index in [0.717, 1.165) is 13.0 Å². The van der Waals surface area contributed by atoms with Crippen LogP contribution < -0.4 is 0 Å². The number of rotatable bonds is 0. The van der Waals surface area contributed by atoms with Crippen LogP contribution in [0.1, 0.15) is 6.42 Å². The van der Waals surface area contributed by atoms with E-state index in [1.54, 1.807) is 4.90 Å². The first-order valence-electron chi connectivity index (χ1n) is 4.46. The molecule has 1 heterocycles. The highest BCUT2D eigenvalue weighted by Gasteiger charge is 2.41. The van der Waals surface area contributed by atoms with E-state index in [1.165, 1.54) is 0 Å². The zero-order valence-corrected chi connectivity index (χ0v) is 7.79. The molecule has 2 heteroatoms. The van der Waals surface area contributed by atoms with Crippen LogP contribution in [0, 0.1) is 5.41 Å². The summed E-state index contributed by atoms with van der Waals surface area (Å²) in [5.74, 6) is 0.0659. The predicted molar refractivity (Wildman–Crippen MR) is 52.1 cm³/mol. The fourth-order valence-electron chi connectivity index (χ4n) is 1.99. The lowest BCUT2D eigenvalue weighted by atomic mass is 9.80. The second-order valence-corrected chi connectivity index (χ2v) is 3.72. The minimum Gasteiger partial charge on any atom is -0.340 e. The van der Waals surface area contributed by atoms with Gasteiger partial charge in [-0.25, -0.2) is 0 Å². The van der Waals surface area contributed by atoms with E-state index in [2.05, 4.69) is 30.9 Å². The Morgan fingerprint density at radius 1 is 1.46 bits per heavy atom. The number of hydrogen-bond donors (Lipinski definition) is 0. The standard InChI is InChI=1S/C11H13NO/c1-9-10(13)12(2)8-11(9)6-4-3-5-7-11/h4-7H,1,3,8H2,2H3. The fraction of sp³-hybridized carbons (Fsp3) is 0.364. The minimum absolute atomic E-state index is 0.0659. The van der Waals surface area contributed by atoms with Gasteiger partial charge in [-0.05, 0) is 6.42 Å². The Balaban J connectivity index is 2.40. The van der Waals surface area contributed by atoms with Crippen LogP contribution >= 0.6 is 0 Å². The summed E-state index contributed by atoms with van der Waals surface area (Å²) in [6, 6.07) is 0. The third kappa shape index (κ3) is 1.05. The van der Waals surface area contributed by atoms with Crippen LogP contribution in [0.2, 0.25) is 0 Å². The number of likely N-dealkylation sites (tertiary alicyclic amines) is 1. The summed E-state index contributed by atoms with van der Waals surface area (Å²) in [4.78, 5) is 13.3. The molecule has 0 atom stereocenters. The number of hydrogen-bond acceptors (Lipinski definition) is 1. The molecule has 2 aliphatic rings. The molecule has 1 amide bonds. The zero-order valence-electron chi connectivity index (χ0n) is 7.79. The van der Waals surface area contributed by atoms with Crippen molar-refractivity contribution in [2.75, 3.05) is 13.6 Å². The summed E-state index contributed by atoms with van der Waals surface area (Å²) in [5, 5.41) is 0. The van der Waals surface area contributed by atoms with E-state index in [4.69, 9.17) is 0 Å². The molecule has 0 aromatic heterocycles. The molecule has 0 N–H and O–H groups in total. The first kappa shape index (κ1) is 8.30. The molecular weight excluding hydrogens is 162 g/mol. The minimum atomic E-state index is -0.204. The van der Waals surface area contributed by atoms with Crippen LogP contribution in [0.4, 0.5) is 0 Å². The zero-order chi connectivity index (χ0) is 9.47. The second kappa shape index (κ2) is 2.59. The quantitative estimate of drug-likeness (QED) is 0.404. The lowest BCUT2D eigenvalue weighted by Gasteiger charge is -2.22. The molecule has 1 fully saturated rings. The van der Waals surface area contributed by atoms with Crippen molar-refractivity contribution in [3.05, 3.63) is 36.5 Å². The van der Waals surface area contributed by atoms with Crippen molar-refractivity contribution in [3.63, 3.8) is 0 Å². The molecule has 68 valence electrons. The maximum absolute atomic E-state index is 11.5. The van der Waals surface area contributed by atoms with Gasteiger partial charge in [-0.1, -0.05) is 30.9 Å². The third-order valence-corrected chi connectivity index (χ3v) is 2.77. The van der Waals surface area contributed by atoms with E-state index in [9.17, 15) is 4.79 Å². The fourth-order valence-corrected chi connectivity index (χ4v) is 1.99. The molecule has 0 unspecified atom stereocenters. The number of carbonyl (C=O) groups excluding carboxylic acids is 1. The van der Waals surface area contributed by atoms with Gasteiger partial charge in [0.15, 0.2) is 0 Å². The molecule has 1 spiro atoms. The molecule has 0 aromatic carbocycles. The van der Waals surface area contributed by atoms with Gasteiger partial charge in [0.25, 0.3) is 0 Å². The molecule has 1 saturated heterocycles. The molecule has 0 radical (unpaired) electrons. The largest absolute Gasteiger partial charge is 0.340 e. The van der Waals surface area contributed by atoms with Crippen molar-refractivity contribution in [2.24, 2.45) is 5.41 Å². The molecule has 2 rings (SSSR count). The highest BCUT2D eigenvalue weighted by atomic mass is 16.2. The van der Waals surface area contributed by atoms with Crippen LogP contribution in [-0.2, 0) is 4.79 Å². The van der Waals surface area contributed by atoms with E-state index < -0.39 is 0 Å². The van der Waals surface area contributed by atoms with Gasteiger partial charge in [0.2, 0.25) is 5.91 Å². The van der Waals surface area contributed by atoms with Crippen LogP contribution in [0.25, 0.3) is 0 Å². The lowest BCUT2D eigenvalue weighted by Crippen LogP contribution is -2.23. The van der Waals surface area contributed by atoms with Crippen LogP contribution in [-0.4, -0.2) is 24.4 Å². The molecule has 1 aliphatic heterocycles. The number of likely N-dealkylation sites (N-methyl/N-ethyl adjacent to an activating group) is 1. The summed E-state index contributed by atoms with van der Waals surface area (Å²) in [6.07, 6.45) is 9.34. The SMILES string of the molecule is C=C1C(=O)N(C)CC12C=CCC=C2. The normalized spacial score (nSPS) is 24.8. The lowest BCUT2D eigenvalue weighted by molar-refractivity contribution is -0.123. The Kier molecular flexibility index (Phi) is 1.65. The van der Waals surface area contributed by atoms with Crippen molar-refractivity contribution >= 4 is 5.91 Å². The Hall–Kier alpha value is -1.31. The summed E-state index contributed by atoms with van der Waals surface area (Å²) in [5.41, 5.74) is 0.492. The summed E-state index contributed by atoms with van der Waals surface area (Å²) >= 11 is 0. The molecule has 0 aromatic rings. The van der Waals surface area contributed by atoms with Gasteiger partial charge < -0.3 is 4.90 Å². The van der Waals surface area contributed by atoms with Crippen molar-refractivity contribution in [3.8, 4) is 0 Å². The average Bonchev–Trinajstić information content (AvgIpc) is 2.33. The van der Waals surface area contributed by atoms with E-state index in [1.807, 2.05) is 7.05 Å². The second-order valence-electron chi connectivity index (χ2n) is 3.72. The van der Waals surface area contributed by atoms with Crippen LogP contribution in [0.3, 0.4) is 0 Å². The molecule has 2 nitrogen and oxygen atoms in total. The molecule has 1 aliphatic carbocycles. The van der Waals surface area contributed by atoms with Crippen molar-refractivity contribution in [2.45, 2.75) is 6.42 Å². The van der Waals surface area contributed by atoms with Gasteiger partial charge in [0.1, 0.15) is 0 Å². The molecule has 0 saturated carbocycles. The van der Waals surface area contributed by atoms with Gasteiger partial charge in [-0.15, -0.1) is 0 Å². The first-order valence-corrected chi connectivity index (χ1v) is 4.46. The monoisotopic (exact) mass is 175 g/mol. The highest BCUT2D eigenvalue weighted by Crippen LogP contribution is 2.39. The summed E-state index contributed by atoms with van der Waals surface area (Å²) in [7, 11) is 1.82. The topological polar surface area (TPSA) is 20.3 Å². The number of amides is 1. The van der Waals surface area contributed by atoms with Gasteiger partial charge in [-0.2, -0.15) is 0 Å². The Labute approximate surface area is 78.2 Å². The van der Waals surface area contributed by atoms with Crippen molar-refractivity contribution < 1.29 is 4.79 Å². The smallest absolute Gasteiger partial charge is 0.250 e. The number of nitrogens with zero attached hydrogens (tertiary/aromatic N) is 1. The third-order valence-electron chi connectivity index (χ3n) is 2.77. The maximum Gasteiger partial charge on any atom is 0.250 e. The van der Waals surface area contributed by atoms with E-state index in [-0.39, 0.29) is 11.3 Å². The predicted octanol–water partition coefficient (Wildman–Crippen LogP) is 1.52. The maximum atomic E-state index is 11.5. The molecule has 13 heavy (non-hydrogen) atoms. The Morgan fingerprint density at radius 3 is 2.54 bits per heavy atom. The van der Waals surface area contributed by atoms with E-state index in [0.29, 0.717) is 5.57 Å². The van der Waals surface area contributed by atoms with Crippen molar-refractivity contribution in [1.82, 2.24) is 4.90 Å². The van der Waals surface area contributed by atoms with Crippen LogP contribution in [0.5, 0.6) is 0 Å². The molecule has 0 bridgehead atoms. The number of carbonyl (C=O) groups is 1.